The van der Waals surface area contributed by atoms with Gasteiger partial charge in [-0.25, -0.2) is 8.42 Å². The van der Waals surface area contributed by atoms with Crippen LogP contribution in [0.3, 0.4) is 0 Å². The van der Waals surface area contributed by atoms with Gasteiger partial charge in [-0.1, -0.05) is 19.1 Å². The molecule has 0 bridgehead atoms. The molecule has 0 radical (unpaired) electrons. The Morgan fingerprint density at radius 3 is 2.57 bits per heavy atom. The number of nitrogens with two attached hydrogens (primary N) is 1. The van der Waals surface area contributed by atoms with Crippen molar-refractivity contribution < 1.29 is 13.2 Å². The van der Waals surface area contributed by atoms with Gasteiger partial charge in [-0.2, -0.15) is 4.31 Å². The Labute approximate surface area is 127 Å². The van der Waals surface area contributed by atoms with Crippen LogP contribution in [0.25, 0.3) is 0 Å². The van der Waals surface area contributed by atoms with Gasteiger partial charge in [0.05, 0.1) is 12.3 Å². The van der Waals surface area contributed by atoms with Crippen LogP contribution in [0, 0.1) is 19.8 Å². The van der Waals surface area contributed by atoms with E-state index in [4.69, 9.17) is 10.5 Å². The van der Waals surface area contributed by atoms with Gasteiger partial charge in [0.1, 0.15) is 4.90 Å². The van der Waals surface area contributed by atoms with E-state index in [2.05, 4.69) is 0 Å². The average Bonchev–Trinajstić information content (AvgIpc) is 2.93. The molecular weight excluding hydrogens is 288 g/mol. The lowest BCUT2D eigenvalue weighted by atomic mass is 10.1. The highest BCUT2D eigenvalue weighted by Crippen LogP contribution is 2.29. The number of anilines is 1. The molecule has 1 aliphatic heterocycles. The normalized spacial score (nSPS) is 19.3. The monoisotopic (exact) mass is 312 g/mol. The van der Waals surface area contributed by atoms with E-state index in [1.54, 1.807) is 6.92 Å². The third kappa shape index (κ3) is 3.22. The van der Waals surface area contributed by atoms with Gasteiger partial charge in [0, 0.05) is 19.7 Å². The summed E-state index contributed by atoms with van der Waals surface area (Å²) < 4.78 is 32.8. The van der Waals surface area contributed by atoms with E-state index in [0.29, 0.717) is 37.6 Å². The van der Waals surface area contributed by atoms with Gasteiger partial charge in [0.2, 0.25) is 10.0 Å². The van der Waals surface area contributed by atoms with E-state index < -0.39 is 10.0 Å². The fourth-order valence-corrected chi connectivity index (χ4v) is 4.61. The smallest absolute Gasteiger partial charge is 0.245 e. The molecule has 21 heavy (non-hydrogen) atoms. The minimum Gasteiger partial charge on any atom is -0.397 e. The van der Waals surface area contributed by atoms with Crippen molar-refractivity contribution >= 4 is 15.7 Å². The van der Waals surface area contributed by atoms with Gasteiger partial charge in [0.15, 0.2) is 0 Å². The average molecular weight is 312 g/mol. The Morgan fingerprint density at radius 2 is 2.00 bits per heavy atom. The van der Waals surface area contributed by atoms with Crippen molar-refractivity contribution in [3.8, 4) is 0 Å². The highest BCUT2D eigenvalue weighted by Gasteiger charge is 2.30. The topological polar surface area (TPSA) is 72.6 Å². The fourth-order valence-electron chi connectivity index (χ4n) is 2.69. The number of hydrogen-bond donors (Lipinski definition) is 1. The van der Waals surface area contributed by atoms with Crippen molar-refractivity contribution in [3.63, 3.8) is 0 Å². The van der Waals surface area contributed by atoms with E-state index in [1.165, 1.54) is 4.31 Å². The van der Waals surface area contributed by atoms with Gasteiger partial charge in [0.25, 0.3) is 0 Å². The quantitative estimate of drug-likeness (QED) is 0.843. The molecule has 1 heterocycles. The minimum absolute atomic E-state index is 0.253. The Balaban J connectivity index is 2.37. The first kappa shape index (κ1) is 16.3. The van der Waals surface area contributed by atoms with E-state index >= 15 is 0 Å². The minimum atomic E-state index is -3.57. The summed E-state index contributed by atoms with van der Waals surface area (Å²) in [6, 6.07) is 3.66. The van der Waals surface area contributed by atoms with E-state index in [-0.39, 0.29) is 10.8 Å². The maximum atomic E-state index is 13.0. The predicted molar refractivity (Wildman–Crippen MR) is 83.7 cm³/mol. The Bertz CT molecular complexity index is 608. The van der Waals surface area contributed by atoms with Crippen LogP contribution in [0.4, 0.5) is 5.69 Å². The first-order chi connectivity index (χ1) is 9.87. The van der Waals surface area contributed by atoms with Crippen molar-refractivity contribution in [2.45, 2.75) is 32.1 Å². The molecule has 1 aromatic rings. The van der Waals surface area contributed by atoms with Crippen molar-refractivity contribution in [2.75, 3.05) is 32.0 Å². The Morgan fingerprint density at radius 1 is 1.33 bits per heavy atom. The third-order valence-corrected chi connectivity index (χ3v) is 6.19. The maximum Gasteiger partial charge on any atom is 0.245 e. The highest BCUT2D eigenvalue weighted by molar-refractivity contribution is 7.89. The molecule has 0 aliphatic carbocycles. The molecule has 0 spiro atoms. The summed E-state index contributed by atoms with van der Waals surface area (Å²) >= 11 is 0. The molecule has 2 N–H and O–H groups in total. The number of benzene rings is 1. The van der Waals surface area contributed by atoms with Gasteiger partial charge in [-0.05, 0) is 37.3 Å². The SMILES string of the molecule is CCN(CC1CCOC1)S(=O)(=O)c1c(C)ccc(C)c1N. The van der Waals surface area contributed by atoms with Crippen molar-refractivity contribution in [1.82, 2.24) is 4.31 Å². The first-order valence-electron chi connectivity index (χ1n) is 7.31. The van der Waals surface area contributed by atoms with E-state index in [1.807, 2.05) is 26.0 Å². The summed E-state index contributed by atoms with van der Waals surface area (Å²) in [5, 5.41) is 0. The number of nitrogen functional groups attached to an aromatic ring is 1. The summed E-state index contributed by atoms with van der Waals surface area (Å²) in [5.74, 6) is 0.270. The molecule has 1 aliphatic rings. The van der Waals surface area contributed by atoms with E-state index in [0.717, 1.165) is 12.0 Å². The zero-order valence-electron chi connectivity index (χ0n) is 12.9. The molecule has 118 valence electrons. The van der Waals surface area contributed by atoms with Crippen molar-refractivity contribution in [3.05, 3.63) is 23.3 Å². The largest absolute Gasteiger partial charge is 0.397 e. The number of nitrogens with zero attached hydrogens (tertiary/aromatic N) is 1. The maximum absolute atomic E-state index is 13.0. The highest BCUT2D eigenvalue weighted by atomic mass is 32.2. The molecule has 6 heteroatoms. The van der Waals surface area contributed by atoms with Crippen molar-refractivity contribution in [2.24, 2.45) is 5.92 Å². The summed E-state index contributed by atoms with van der Waals surface area (Å²) in [7, 11) is -3.57. The summed E-state index contributed by atoms with van der Waals surface area (Å²) in [5.41, 5.74) is 7.88. The van der Waals surface area contributed by atoms with Crippen LogP contribution in [-0.4, -0.2) is 39.0 Å². The van der Waals surface area contributed by atoms with E-state index in [9.17, 15) is 8.42 Å². The second kappa shape index (κ2) is 6.34. The molecule has 0 amide bonds. The number of sulfonamides is 1. The number of rotatable bonds is 5. The van der Waals surface area contributed by atoms with Crippen LogP contribution in [0.5, 0.6) is 0 Å². The van der Waals surface area contributed by atoms with Gasteiger partial charge < -0.3 is 10.5 Å². The van der Waals surface area contributed by atoms with Gasteiger partial charge in [-0.3, -0.25) is 0 Å². The zero-order chi connectivity index (χ0) is 15.6. The standard InChI is InChI=1S/C15H24N2O3S/c1-4-17(9-13-7-8-20-10-13)21(18,19)15-12(3)6-5-11(2)14(15)16/h5-6,13H,4,7-10,16H2,1-3H3. The lowest BCUT2D eigenvalue weighted by Gasteiger charge is -2.25. The molecule has 0 saturated carbocycles. The summed E-state index contributed by atoms with van der Waals surface area (Å²) in [6.07, 6.45) is 0.911. The third-order valence-electron chi connectivity index (χ3n) is 4.05. The van der Waals surface area contributed by atoms with Crippen LogP contribution in [0.15, 0.2) is 17.0 Å². The van der Waals surface area contributed by atoms with Crippen LogP contribution >= 0.6 is 0 Å². The lowest BCUT2D eigenvalue weighted by molar-refractivity contribution is 0.181. The molecule has 1 saturated heterocycles. The second-order valence-electron chi connectivity index (χ2n) is 5.63. The molecule has 1 fully saturated rings. The number of ether oxygens (including phenoxy) is 1. The zero-order valence-corrected chi connectivity index (χ0v) is 13.7. The molecule has 0 aromatic heterocycles. The molecule has 1 unspecified atom stereocenters. The Kier molecular flexibility index (Phi) is 4.91. The Hall–Kier alpha value is -1.11. The van der Waals surface area contributed by atoms with Crippen LogP contribution in [0.2, 0.25) is 0 Å². The molecule has 1 atom stereocenters. The fraction of sp³-hybridized carbons (Fsp3) is 0.600. The van der Waals surface area contributed by atoms with Crippen molar-refractivity contribution in [1.29, 1.82) is 0 Å². The van der Waals surface area contributed by atoms with Gasteiger partial charge in [-0.15, -0.1) is 0 Å². The van der Waals surface area contributed by atoms with Crippen LogP contribution < -0.4 is 5.73 Å². The molecule has 1 aromatic carbocycles. The number of aryl methyl sites for hydroxylation is 2. The summed E-state index contributed by atoms with van der Waals surface area (Å²) in [6.45, 7) is 7.75. The van der Waals surface area contributed by atoms with Crippen LogP contribution in [-0.2, 0) is 14.8 Å². The molecule has 5 nitrogen and oxygen atoms in total. The molecule has 2 rings (SSSR count). The second-order valence-corrected chi connectivity index (χ2v) is 7.50. The predicted octanol–water partition coefficient (Wildman–Crippen LogP) is 1.93. The van der Waals surface area contributed by atoms with Crippen LogP contribution in [0.1, 0.15) is 24.5 Å². The number of hydrogen-bond acceptors (Lipinski definition) is 4. The van der Waals surface area contributed by atoms with Gasteiger partial charge >= 0.3 is 0 Å². The first-order valence-corrected chi connectivity index (χ1v) is 8.75. The lowest BCUT2D eigenvalue weighted by Crippen LogP contribution is -2.36. The summed E-state index contributed by atoms with van der Waals surface area (Å²) in [4.78, 5) is 0.253. The molecular formula is C15H24N2O3S.